The van der Waals surface area contributed by atoms with Gasteiger partial charge in [-0.2, -0.15) is 0 Å². The van der Waals surface area contributed by atoms with Crippen LogP contribution in [-0.2, 0) is 11.2 Å². The molecule has 0 fully saturated rings. The van der Waals surface area contributed by atoms with Crippen LogP contribution in [-0.4, -0.2) is 18.2 Å². The molecule has 0 aliphatic carbocycles. The molecule has 3 nitrogen and oxygen atoms in total. The van der Waals surface area contributed by atoms with E-state index in [4.69, 9.17) is 21.4 Å². The fraction of sp³-hybridized carbons (Fsp3) is 0.133. The third-order valence-corrected chi connectivity index (χ3v) is 3.11. The Balaban J connectivity index is 2.53. The molecule has 0 amide bonds. The molecule has 0 heterocycles. The summed E-state index contributed by atoms with van der Waals surface area (Å²) in [5.74, 6) is -0.197. The number of aliphatic carboxylic acids is 1. The van der Waals surface area contributed by atoms with E-state index in [-0.39, 0.29) is 6.42 Å². The molecule has 19 heavy (non-hydrogen) atoms. The van der Waals surface area contributed by atoms with Crippen LogP contribution >= 0.6 is 11.6 Å². The quantitative estimate of drug-likeness (QED) is 0.927. The zero-order valence-electron chi connectivity index (χ0n) is 10.4. The number of methoxy groups -OCH3 is 1. The first-order chi connectivity index (χ1) is 9.11. The highest BCUT2D eigenvalue weighted by Gasteiger charge is 2.11. The van der Waals surface area contributed by atoms with Gasteiger partial charge in [0.15, 0.2) is 0 Å². The average Bonchev–Trinajstić information content (AvgIpc) is 2.38. The molecule has 2 aromatic rings. The standard InChI is InChI=1S/C15H13ClO3/c1-19-14-7-6-10(9-15(17)18)8-12(14)11-4-2-3-5-13(11)16/h2-8H,9H2,1H3,(H,17,18). The molecular formula is C15H13ClO3. The minimum Gasteiger partial charge on any atom is -0.496 e. The molecule has 2 aromatic carbocycles. The lowest BCUT2D eigenvalue weighted by molar-refractivity contribution is -0.136. The van der Waals surface area contributed by atoms with Crippen molar-refractivity contribution in [2.75, 3.05) is 7.11 Å². The van der Waals surface area contributed by atoms with Crippen LogP contribution in [0.15, 0.2) is 42.5 Å². The summed E-state index contributed by atoms with van der Waals surface area (Å²) in [6.07, 6.45) is -0.0263. The fourth-order valence-electron chi connectivity index (χ4n) is 1.93. The minimum absolute atomic E-state index is 0.0263. The second-order valence-electron chi connectivity index (χ2n) is 4.08. The van der Waals surface area contributed by atoms with Crippen LogP contribution in [0.1, 0.15) is 5.56 Å². The molecule has 1 N–H and O–H groups in total. The smallest absolute Gasteiger partial charge is 0.307 e. The summed E-state index contributed by atoms with van der Waals surface area (Å²) in [5.41, 5.74) is 2.34. The van der Waals surface area contributed by atoms with Crippen LogP contribution in [0, 0.1) is 0 Å². The van der Waals surface area contributed by atoms with E-state index in [1.54, 1.807) is 31.4 Å². The largest absolute Gasteiger partial charge is 0.496 e. The zero-order chi connectivity index (χ0) is 13.8. The molecule has 2 rings (SSSR count). The summed E-state index contributed by atoms with van der Waals surface area (Å²) in [6.45, 7) is 0. The summed E-state index contributed by atoms with van der Waals surface area (Å²) in [4.78, 5) is 10.8. The lowest BCUT2D eigenvalue weighted by Crippen LogP contribution is -2.00. The Labute approximate surface area is 116 Å². The predicted octanol–water partition coefficient (Wildman–Crippen LogP) is 3.64. The van der Waals surface area contributed by atoms with Crippen LogP contribution in [0.2, 0.25) is 5.02 Å². The van der Waals surface area contributed by atoms with Crippen molar-refractivity contribution in [1.29, 1.82) is 0 Å². The van der Waals surface area contributed by atoms with Gasteiger partial charge in [-0.15, -0.1) is 0 Å². The van der Waals surface area contributed by atoms with Crippen LogP contribution in [0.25, 0.3) is 11.1 Å². The Hall–Kier alpha value is -2.00. The van der Waals surface area contributed by atoms with Crippen LogP contribution < -0.4 is 4.74 Å². The summed E-state index contributed by atoms with van der Waals surface area (Å²) in [5, 5.41) is 9.46. The van der Waals surface area contributed by atoms with Crippen molar-refractivity contribution in [3.8, 4) is 16.9 Å². The van der Waals surface area contributed by atoms with Crippen LogP contribution in [0.5, 0.6) is 5.75 Å². The lowest BCUT2D eigenvalue weighted by atomic mass is 10.0. The number of hydrogen-bond acceptors (Lipinski definition) is 2. The highest BCUT2D eigenvalue weighted by molar-refractivity contribution is 6.33. The van der Waals surface area contributed by atoms with Crippen molar-refractivity contribution in [2.24, 2.45) is 0 Å². The van der Waals surface area contributed by atoms with Crippen molar-refractivity contribution >= 4 is 17.6 Å². The maximum absolute atomic E-state index is 10.8. The molecule has 0 aliphatic rings. The molecule has 0 atom stereocenters. The third kappa shape index (κ3) is 3.06. The van der Waals surface area contributed by atoms with Gasteiger partial charge in [-0.05, 0) is 23.8 Å². The van der Waals surface area contributed by atoms with Gasteiger partial charge in [-0.3, -0.25) is 4.79 Å². The van der Waals surface area contributed by atoms with Crippen molar-refractivity contribution in [3.63, 3.8) is 0 Å². The molecule has 0 spiro atoms. The third-order valence-electron chi connectivity index (χ3n) is 2.78. The van der Waals surface area contributed by atoms with Gasteiger partial charge in [0.1, 0.15) is 5.75 Å². The molecule has 4 heteroatoms. The number of carbonyl (C=O) groups is 1. The second kappa shape index (κ2) is 5.76. The zero-order valence-corrected chi connectivity index (χ0v) is 11.1. The summed E-state index contributed by atoms with van der Waals surface area (Å²) < 4.78 is 5.31. The monoisotopic (exact) mass is 276 g/mol. The first-order valence-corrected chi connectivity index (χ1v) is 6.13. The average molecular weight is 277 g/mol. The molecule has 98 valence electrons. The van der Waals surface area contributed by atoms with Gasteiger partial charge in [0, 0.05) is 16.1 Å². The van der Waals surface area contributed by atoms with E-state index in [0.717, 1.165) is 11.1 Å². The van der Waals surface area contributed by atoms with E-state index < -0.39 is 5.97 Å². The first-order valence-electron chi connectivity index (χ1n) is 5.75. The maximum Gasteiger partial charge on any atom is 0.307 e. The van der Waals surface area contributed by atoms with Gasteiger partial charge < -0.3 is 9.84 Å². The highest BCUT2D eigenvalue weighted by atomic mass is 35.5. The Bertz CT molecular complexity index is 608. The summed E-state index contributed by atoms with van der Waals surface area (Å²) in [7, 11) is 1.58. The van der Waals surface area contributed by atoms with E-state index in [2.05, 4.69) is 0 Å². The van der Waals surface area contributed by atoms with Gasteiger partial charge in [0.05, 0.1) is 13.5 Å². The Morgan fingerprint density at radius 3 is 2.58 bits per heavy atom. The SMILES string of the molecule is COc1ccc(CC(=O)O)cc1-c1ccccc1Cl. The molecule has 0 unspecified atom stereocenters. The molecule has 0 radical (unpaired) electrons. The molecule has 0 bridgehead atoms. The van der Waals surface area contributed by atoms with Crippen LogP contribution in [0.4, 0.5) is 0 Å². The van der Waals surface area contributed by atoms with Crippen molar-refractivity contribution < 1.29 is 14.6 Å². The van der Waals surface area contributed by atoms with Crippen molar-refractivity contribution in [3.05, 3.63) is 53.1 Å². The summed E-state index contributed by atoms with van der Waals surface area (Å²) >= 11 is 6.17. The first kappa shape index (κ1) is 13.4. The molecule has 0 aromatic heterocycles. The van der Waals surface area contributed by atoms with Gasteiger partial charge >= 0.3 is 5.97 Å². The lowest BCUT2D eigenvalue weighted by Gasteiger charge is -2.11. The number of carboxylic acid groups (broad SMARTS) is 1. The topological polar surface area (TPSA) is 46.5 Å². The maximum atomic E-state index is 10.8. The Morgan fingerprint density at radius 1 is 1.21 bits per heavy atom. The molecular weight excluding hydrogens is 264 g/mol. The van der Waals surface area contributed by atoms with Gasteiger partial charge in [-0.25, -0.2) is 0 Å². The van der Waals surface area contributed by atoms with E-state index in [1.165, 1.54) is 0 Å². The van der Waals surface area contributed by atoms with Gasteiger partial charge in [-0.1, -0.05) is 35.9 Å². The van der Waals surface area contributed by atoms with Crippen LogP contribution in [0.3, 0.4) is 0 Å². The Morgan fingerprint density at radius 2 is 1.95 bits per heavy atom. The molecule has 0 saturated heterocycles. The second-order valence-corrected chi connectivity index (χ2v) is 4.49. The number of rotatable bonds is 4. The fourth-order valence-corrected chi connectivity index (χ4v) is 2.17. The molecule has 0 saturated carbocycles. The number of hydrogen-bond donors (Lipinski definition) is 1. The van der Waals surface area contributed by atoms with E-state index in [0.29, 0.717) is 16.3 Å². The van der Waals surface area contributed by atoms with Gasteiger partial charge in [0.25, 0.3) is 0 Å². The normalized spacial score (nSPS) is 10.2. The summed E-state index contributed by atoms with van der Waals surface area (Å²) in [6, 6.07) is 12.7. The van der Waals surface area contributed by atoms with Gasteiger partial charge in [0.2, 0.25) is 0 Å². The number of halogens is 1. The predicted molar refractivity (Wildman–Crippen MR) is 74.8 cm³/mol. The number of benzene rings is 2. The molecule has 0 aliphatic heterocycles. The van der Waals surface area contributed by atoms with E-state index in [9.17, 15) is 4.79 Å². The highest BCUT2D eigenvalue weighted by Crippen LogP contribution is 2.35. The van der Waals surface area contributed by atoms with Crippen molar-refractivity contribution in [1.82, 2.24) is 0 Å². The number of carboxylic acids is 1. The minimum atomic E-state index is -0.865. The van der Waals surface area contributed by atoms with E-state index in [1.807, 2.05) is 18.2 Å². The van der Waals surface area contributed by atoms with Crippen molar-refractivity contribution in [2.45, 2.75) is 6.42 Å². The Kier molecular flexibility index (Phi) is 4.07. The number of ether oxygens (including phenoxy) is 1. The van der Waals surface area contributed by atoms with E-state index >= 15 is 0 Å².